The predicted molar refractivity (Wildman–Crippen MR) is 88.3 cm³/mol. The SMILES string of the molecule is CC(C)(C)OC(=O)Nc1cc(NCC2CCCOC2)ccc1F. The van der Waals surface area contributed by atoms with Crippen LogP contribution in [0.5, 0.6) is 0 Å². The quantitative estimate of drug-likeness (QED) is 0.878. The van der Waals surface area contributed by atoms with E-state index >= 15 is 0 Å². The number of nitrogens with one attached hydrogen (secondary N) is 2. The minimum Gasteiger partial charge on any atom is -0.444 e. The van der Waals surface area contributed by atoms with Gasteiger partial charge in [-0.1, -0.05) is 0 Å². The van der Waals surface area contributed by atoms with Crippen molar-refractivity contribution in [3.8, 4) is 0 Å². The van der Waals surface area contributed by atoms with Crippen LogP contribution in [0, 0.1) is 11.7 Å². The molecule has 1 aliphatic rings. The van der Waals surface area contributed by atoms with E-state index in [-0.39, 0.29) is 5.69 Å². The van der Waals surface area contributed by atoms with E-state index in [0.717, 1.165) is 38.3 Å². The molecular weight excluding hydrogens is 299 g/mol. The lowest BCUT2D eigenvalue weighted by atomic mass is 10.0. The van der Waals surface area contributed by atoms with Crippen molar-refractivity contribution in [1.29, 1.82) is 0 Å². The molecular formula is C17H25FN2O3. The number of ether oxygens (including phenoxy) is 2. The van der Waals surface area contributed by atoms with Crippen molar-refractivity contribution in [2.24, 2.45) is 5.92 Å². The van der Waals surface area contributed by atoms with Gasteiger partial charge in [0.2, 0.25) is 0 Å². The van der Waals surface area contributed by atoms with Gasteiger partial charge >= 0.3 is 6.09 Å². The fraction of sp³-hybridized carbons (Fsp3) is 0.588. The summed E-state index contributed by atoms with van der Waals surface area (Å²) >= 11 is 0. The van der Waals surface area contributed by atoms with E-state index in [2.05, 4.69) is 10.6 Å². The Morgan fingerprint density at radius 2 is 2.22 bits per heavy atom. The number of benzene rings is 1. The van der Waals surface area contributed by atoms with Gasteiger partial charge in [-0.15, -0.1) is 0 Å². The summed E-state index contributed by atoms with van der Waals surface area (Å²) in [7, 11) is 0. The second-order valence-corrected chi connectivity index (χ2v) is 6.79. The molecule has 0 radical (unpaired) electrons. The molecule has 1 aliphatic heterocycles. The first-order valence-corrected chi connectivity index (χ1v) is 7.95. The van der Waals surface area contributed by atoms with Gasteiger partial charge in [-0.25, -0.2) is 9.18 Å². The fourth-order valence-corrected chi connectivity index (χ4v) is 2.38. The van der Waals surface area contributed by atoms with Crippen LogP contribution in [0.4, 0.5) is 20.6 Å². The number of carbonyl (C=O) groups is 1. The average Bonchev–Trinajstić information content (AvgIpc) is 2.47. The Morgan fingerprint density at radius 3 is 2.87 bits per heavy atom. The summed E-state index contributed by atoms with van der Waals surface area (Å²) in [4.78, 5) is 11.8. The third kappa shape index (κ3) is 6.06. The summed E-state index contributed by atoms with van der Waals surface area (Å²) < 4.78 is 24.4. The Kier molecular flexibility index (Phi) is 5.82. The Balaban J connectivity index is 1.93. The van der Waals surface area contributed by atoms with Crippen LogP contribution in [-0.4, -0.2) is 31.5 Å². The zero-order valence-corrected chi connectivity index (χ0v) is 13.9. The molecule has 1 fully saturated rings. The molecule has 1 heterocycles. The number of anilines is 2. The van der Waals surface area contributed by atoms with Crippen molar-refractivity contribution >= 4 is 17.5 Å². The molecule has 0 aromatic heterocycles. The Morgan fingerprint density at radius 1 is 1.43 bits per heavy atom. The van der Waals surface area contributed by atoms with E-state index in [1.165, 1.54) is 6.07 Å². The van der Waals surface area contributed by atoms with Gasteiger partial charge in [-0.2, -0.15) is 0 Å². The second kappa shape index (κ2) is 7.64. The summed E-state index contributed by atoms with van der Waals surface area (Å²) in [5.74, 6) is -0.0431. The van der Waals surface area contributed by atoms with Crippen molar-refractivity contribution in [1.82, 2.24) is 0 Å². The molecule has 0 spiro atoms. The molecule has 23 heavy (non-hydrogen) atoms. The monoisotopic (exact) mass is 324 g/mol. The Bertz CT molecular complexity index is 537. The molecule has 128 valence electrons. The Labute approximate surface area is 136 Å². The highest BCUT2D eigenvalue weighted by Crippen LogP contribution is 2.22. The van der Waals surface area contributed by atoms with Gasteiger partial charge < -0.3 is 14.8 Å². The number of carbonyl (C=O) groups excluding carboxylic acids is 1. The highest BCUT2D eigenvalue weighted by atomic mass is 19.1. The molecule has 2 N–H and O–H groups in total. The minimum absolute atomic E-state index is 0.101. The average molecular weight is 324 g/mol. The number of hydrogen-bond acceptors (Lipinski definition) is 4. The summed E-state index contributed by atoms with van der Waals surface area (Å²) in [5.41, 5.74) is 0.226. The summed E-state index contributed by atoms with van der Waals surface area (Å²) in [5, 5.41) is 5.71. The van der Waals surface area contributed by atoms with Crippen LogP contribution in [0.25, 0.3) is 0 Å². The van der Waals surface area contributed by atoms with Crippen molar-refractivity contribution in [3.63, 3.8) is 0 Å². The number of hydrogen-bond donors (Lipinski definition) is 2. The highest BCUT2D eigenvalue weighted by Gasteiger charge is 2.18. The molecule has 1 aromatic carbocycles. The van der Waals surface area contributed by atoms with Gasteiger partial charge in [0.1, 0.15) is 11.4 Å². The topological polar surface area (TPSA) is 59.6 Å². The van der Waals surface area contributed by atoms with Crippen LogP contribution in [0.3, 0.4) is 0 Å². The van der Waals surface area contributed by atoms with E-state index in [9.17, 15) is 9.18 Å². The van der Waals surface area contributed by atoms with E-state index in [1.807, 2.05) is 0 Å². The summed E-state index contributed by atoms with van der Waals surface area (Å²) in [6, 6.07) is 4.55. The van der Waals surface area contributed by atoms with Crippen LogP contribution >= 0.6 is 0 Å². The van der Waals surface area contributed by atoms with E-state index in [4.69, 9.17) is 9.47 Å². The van der Waals surface area contributed by atoms with Crippen molar-refractivity contribution in [2.45, 2.75) is 39.2 Å². The lowest BCUT2D eigenvalue weighted by Crippen LogP contribution is -2.27. The van der Waals surface area contributed by atoms with Crippen molar-refractivity contribution < 1.29 is 18.7 Å². The molecule has 0 saturated carbocycles. The Hall–Kier alpha value is -1.82. The first kappa shape index (κ1) is 17.5. The summed E-state index contributed by atoms with van der Waals surface area (Å²) in [6.07, 6.45) is 1.52. The molecule has 1 unspecified atom stereocenters. The van der Waals surface area contributed by atoms with Crippen molar-refractivity contribution in [2.75, 3.05) is 30.4 Å². The normalized spacial score (nSPS) is 18.3. The molecule has 1 saturated heterocycles. The van der Waals surface area contributed by atoms with Gasteiger partial charge in [-0.3, -0.25) is 5.32 Å². The van der Waals surface area contributed by atoms with E-state index in [1.54, 1.807) is 32.9 Å². The van der Waals surface area contributed by atoms with E-state index < -0.39 is 17.5 Å². The fourth-order valence-electron chi connectivity index (χ4n) is 2.38. The standard InChI is InChI=1S/C17H25FN2O3/c1-17(2,3)23-16(21)20-15-9-13(6-7-14(15)18)19-10-12-5-4-8-22-11-12/h6-7,9,12,19H,4-5,8,10-11H2,1-3H3,(H,20,21). The number of rotatable bonds is 4. The molecule has 0 aliphatic carbocycles. The van der Waals surface area contributed by atoms with Crippen LogP contribution in [0.1, 0.15) is 33.6 Å². The molecule has 5 nitrogen and oxygen atoms in total. The minimum atomic E-state index is -0.672. The zero-order valence-electron chi connectivity index (χ0n) is 13.9. The first-order valence-electron chi connectivity index (χ1n) is 7.95. The van der Waals surface area contributed by atoms with Crippen LogP contribution in [0.15, 0.2) is 18.2 Å². The smallest absolute Gasteiger partial charge is 0.412 e. The lowest BCUT2D eigenvalue weighted by molar-refractivity contribution is 0.0595. The largest absolute Gasteiger partial charge is 0.444 e. The number of halogens is 1. The predicted octanol–water partition coefficient (Wildman–Crippen LogP) is 4.01. The molecule has 6 heteroatoms. The van der Waals surface area contributed by atoms with Gasteiger partial charge in [0, 0.05) is 18.8 Å². The van der Waals surface area contributed by atoms with E-state index in [0.29, 0.717) is 5.92 Å². The van der Waals surface area contributed by atoms with Crippen LogP contribution < -0.4 is 10.6 Å². The zero-order chi connectivity index (χ0) is 16.9. The van der Waals surface area contributed by atoms with Gasteiger partial charge in [0.15, 0.2) is 0 Å². The molecule has 2 rings (SSSR count). The van der Waals surface area contributed by atoms with Crippen molar-refractivity contribution in [3.05, 3.63) is 24.0 Å². The van der Waals surface area contributed by atoms with Gasteiger partial charge in [0.05, 0.1) is 12.3 Å². The maximum atomic E-state index is 13.8. The molecule has 1 amide bonds. The third-order valence-corrected chi connectivity index (χ3v) is 3.45. The third-order valence-electron chi connectivity index (χ3n) is 3.45. The van der Waals surface area contributed by atoms with Gasteiger partial charge in [0.25, 0.3) is 0 Å². The summed E-state index contributed by atoms with van der Waals surface area (Å²) in [6.45, 7) is 7.61. The maximum absolute atomic E-state index is 13.8. The highest BCUT2D eigenvalue weighted by molar-refractivity contribution is 5.85. The number of amides is 1. The molecule has 1 aromatic rings. The second-order valence-electron chi connectivity index (χ2n) is 6.79. The maximum Gasteiger partial charge on any atom is 0.412 e. The van der Waals surface area contributed by atoms with Gasteiger partial charge in [-0.05, 0) is 57.7 Å². The lowest BCUT2D eigenvalue weighted by Gasteiger charge is -2.23. The van der Waals surface area contributed by atoms with Crippen LogP contribution in [0.2, 0.25) is 0 Å². The van der Waals surface area contributed by atoms with Crippen LogP contribution in [-0.2, 0) is 9.47 Å². The first-order chi connectivity index (χ1) is 10.8. The molecule has 1 atom stereocenters. The molecule has 0 bridgehead atoms.